The van der Waals surface area contributed by atoms with Gasteiger partial charge in [-0.25, -0.2) is 0 Å². The Bertz CT molecular complexity index is 634. The molecule has 0 amide bonds. The summed E-state index contributed by atoms with van der Waals surface area (Å²) in [6, 6.07) is 8.81. The predicted molar refractivity (Wildman–Crippen MR) is 83.7 cm³/mol. The molecule has 0 atom stereocenters. The molecule has 2 N–H and O–H groups in total. The first kappa shape index (κ1) is 12.4. The van der Waals surface area contributed by atoms with E-state index in [4.69, 9.17) is 18.0 Å². The lowest BCUT2D eigenvalue weighted by atomic mass is 10.1. The minimum absolute atomic E-state index is 0.423. The first-order valence-corrected chi connectivity index (χ1v) is 7.07. The van der Waals surface area contributed by atoms with E-state index in [1.54, 1.807) is 0 Å². The summed E-state index contributed by atoms with van der Waals surface area (Å²) >= 11 is 5.20. The molecule has 4 heteroatoms. The lowest BCUT2D eigenvalue weighted by Crippen LogP contribution is -2.28. The third kappa shape index (κ3) is 2.16. The first-order chi connectivity index (χ1) is 9.22. The second-order valence-electron chi connectivity index (χ2n) is 4.92. The summed E-state index contributed by atoms with van der Waals surface area (Å²) < 4.78 is 0. The number of pyridine rings is 1. The summed E-state index contributed by atoms with van der Waals surface area (Å²) in [7, 11) is 0. The van der Waals surface area contributed by atoms with Crippen LogP contribution in [0.2, 0.25) is 0 Å². The number of aromatic nitrogens is 1. The fourth-order valence-corrected chi connectivity index (χ4v) is 2.75. The summed E-state index contributed by atoms with van der Waals surface area (Å²) in [4.78, 5) is 7.30. The standard InChI is InChI=1S/C15H17N3S/c1-2-18(10-7-8-10)14-11-5-3-4-6-13(11)17-9-12(14)15(16)19/h3-6,9-10H,2,7-8H2,1H3,(H2,16,19). The highest BCUT2D eigenvalue weighted by Gasteiger charge is 2.30. The van der Waals surface area contributed by atoms with Crippen LogP contribution in [0.4, 0.5) is 5.69 Å². The highest BCUT2D eigenvalue weighted by atomic mass is 32.1. The van der Waals surface area contributed by atoms with Crippen LogP contribution in [0.25, 0.3) is 10.9 Å². The Kier molecular flexibility index (Phi) is 3.11. The molecular formula is C15H17N3S. The summed E-state index contributed by atoms with van der Waals surface area (Å²) in [5.74, 6) is 0. The van der Waals surface area contributed by atoms with Crippen LogP contribution in [-0.4, -0.2) is 22.6 Å². The average Bonchev–Trinajstić information content (AvgIpc) is 3.24. The maximum Gasteiger partial charge on any atom is 0.107 e. The minimum atomic E-state index is 0.423. The number of hydrogen-bond acceptors (Lipinski definition) is 3. The van der Waals surface area contributed by atoms with Crippen molar-refractivity contribution in [3.63, 3.8) is 0 Å². The zero-order valence-electron chi connectivity index (χ0n) is 11.0. The van der Waals surface area contributed by atoms with Gasteiger partial charge in [0.25, 0.3) is 0 Å². The number of fused-ring (bicyclic) bond motifs is 1. The molecule has 1 aliphatic carbocycles. The van der Waals surface area contributed by atoms with Gasteiger partial charge in [0.2, 0.25) is 0 Å². The molecule has 98 valence electrons. The van der Waals surface area contributed by atoms with E-state index in [-0.39, 0.29) is 0 Å². The van der Waals surface area contributed by atoms with Gasteiger partial charge in [0.05, 0.1) is 16.8 Å². The van der Waals surface area contributed by atoms with Crippen molar-refractivity contribution in [1.82, 2.24) is 4.98 Å². The van der Waals surface area contributed by atoms with Crippen molar-refractivity contribution in [2.24, 2.45) is 5.73 Å². The van der Waals surface area contributed by atoms with Gasteiger partial charge < -0.3 is 10.6 Å². The molecule has 0 bridgehead atoms. The topological polar surface area (TPSA) is 42.1 Å². The average molecular weight is 271 g/mol. The quantitative estimate of drug-likeness (QED) is 0.868. The summed E-state index contributed by atoms with van der Waals surface area (Å²) in [6.07, 6.45) is 4.31. The SMILES string of the molecule is CCN(c1c(C(N)=S)cnc2ccccc12)C1CC1. The second-order valence-corrected chi connectivity index (χ2v) is 5.36. The molecule has 3 rings (SSSR count). The smallest absolute Gasteiger partial charge is 0.107 e. The third-order valence-electron chi connectivity index (χ3n) is 3.63. The van der Waals surface area contributed by atoms with Crippen LogP contribution in [0.5, 0.6) is 0 Å². The molecule has 0 unspecified atom stereocenters. The molecule has 1 aromatic carbocycles. The maximum absolute atomic E-state index is 5.88. The lowest BCUT2D eigenvalue weighted by Gasteiger charge is -2.26. The molecular weight excluding hydrogens is 254 g/mol. The highest BCUT2D eigenvalue weighted by Crippen LogP contribution is 2.37. The van der Waals surface area contributed by atoms with Crippen LogP contribution in [0.1, 0.15) is 25.3 Å². The molecule has 1 heterocycles. The molecule has 0 radical (unpaired) electrons. The maximum atomic E-state index is 5.88. The molecule has 1 fully saturated rings. The molecule has 1 saturated carbocycles. The van der Waals surface area contributed by atoms with Crippen molar-refractivity contribution < 1.29 is 0 Å². The summed E-state index contributed by atoms with van der Waals surface area (Å²) in [6.45, 7) is 3.14. The third-order valence-corrected chi connectivity index (χ3v) is 3.85. The Labute approximate surface area is 118 Å². The summed E-state index contributed by atoms with van der Waals surface area (Å²) in [5.41, 5.74) is 8.93. The Morgan fingerprint density at radius 2 is 2.16 bits per heavy atom. The van der Waals surface area contributed by atoms with Gasteiger partial charge in [-0.15, -0.1) is 0 Å². The molecule has 2 aromatic rings. The van der Waals surface area contributed by atoms with Crippen molar-refractivity contribution in [3.8, 4) is 0 Å². The van der Waals surface area contributed by atoms with Crippen LogP contribution in [-0.2, 0) is 0 Å². The number of nitrogens with zero attached hydrogens (tertiary/aromatic N) is 2. The Balaban J connectivity index is 2.27. The van der Waals surface area contributed by atoms with E-state index >= 15 is 0 Å². The molecule has 0 spiro atoms. The normalized spacial score (nSPS) is 14.6. The largest absolute Gasteiger partial charge is 0.389 e. The predicted octanol–water partition coefficient (Wildman–Crippen LogP) is 2.86. The molecule has 1 aromatic heterocycles. The molecule has 19 heavy (non-hydrogen) atoms. The van der Waals surface area contributed by atoms with Crippen molar-refractivity contribution in [1.29, 1.82) is 0 Å². The fourth-order valence-electron chi connectivity index (χ4n) is 2.60. The van der Waals surface area contributed by atoms with Gasteiger partial charge in [-0.2, -0.15) is 0 Å². The zero-order valence-corrected chi connectivity index (χ0v) is 11.8. The molecule has 3 nitrogen and oxygen atoms in total. The van der Waals surface area contributed by atoms with Gasteiger partial charge in [-0.3, -0.25) is 4.98 Å². The van der Waals surface area contributed by atoms with Gasteiger partial charge >= 0.3 is 0 Å². The number of benzene rings is 1. The zero-order chi connectivity index (χ0) is 13.4. The van der Waals surface area contributed by atoms with Crippen molar-refractivity contribution in [2.45, 2.75) is 25.8 Å². The fraction of sp³-hybridized carbons (Fsp3) is 0.333. The number of anilines is 1. The number of hydrogen-bond donors (Lipinski definition) is 1. The van der Waals surface area contributed by atoms with Gasteiger partial charge in [0.1, 0.15) is 4.99 Å². The van der Waals surface area contributed by atoms with Crippen LogP contribution >= 0.6 is 12.2 Å². The first-order valence-electron chi connectivity index (χ1n) is 6.66. The van der Waals surface area contributed by atoms with E-state index in [2.05, 4.69) is 22.9 Å². The van der Waals surface area contributed by atoms with Crippen molar-refractivity contribution in [3.05, 3.63) is 36.0 Å². The van der Waals surface area contributed by atoms with Gasteiger partial charge in [-0.05, 0) is 25.8 Å². The second kappa shape index (κ2) is 4.78. The van der Waals surface area contributed by atoms with E-state index in [1.165, 1.54) is 12.8 Å². The molecule has 0 aliphatic heterocycles. The van der Waals surface area contributed by atoms with Crippen molar-refractivity contribution >= 4 is 33.8 Å². The Morgan fingerprint density at radius 1 is 1.42 bits per heavy atom. The van der Waals surface area contributed by atoms with Crippen LogP contribution in [0.15, 0.2) is 30.5 Å². The minimum Gasteiger partial charge on any atom is -0.389 e. The number of thiocarbonyl (C=S) groups is 1. The molecule has 0 saturated heterocycles. The van der Waals surface area contributed by atoms with Gasteiger partial charge in [0, 0.05) is 24.2 Å². The highest BCUT2D eigenvalue weighted by molar-refractivity contribution is 7.80. The van der Waals surface area contributed by atoms with Gasteiger partial charge in [-0.1, -0.05) is 30.4 Å². The number of para-hydroxylation sites is 1. The lowest BCUT2D eigenvalue weighted by molar-refractivity contribution is 0.828. The van der Waals surface area contributed by atoms with E-state index in [1.807, 2.05) is 24.4 Å². The Hall–Kier alpha value is -1.68. The number of rotatable bonds is 4. The van der Waals surface area contributed by atoms with E-state index in [0.717, 1.165) is 28.7 Å². The van der Waals surface area contributed by atoms with Crippen LogP contribution in [0.3, 0.4) is 0 Å². The van der Waals surface area contributed by atoms with Crippen LogP contribution in [0, 0.1) is 0 Å². The van der Waals surface area contributed by atoms with E-state index < -0.39 is 0 Å². The monoisotopic (exact) mass is 271 g/mol. The van der Waals surface area contributed by atoms with E-state index in [0.29, 0.717) is 11.0 Å². The van der Waals surface area contributed by atoms with Gasteiger partial charge in [0.15, 0.2) is 0 Å². The molecule has 1 aliphatic rings. The number of nitrogens with two attached hydrogens (primary N) is 1. The van der Waals surface area contributed by atoms with E-state index in [9.17, 15) is 0 Å². The Morgan fingerprint density at radius 3 is 2.79 bits per heavy atom. The summed E-state index contributed by atoms with van der Waals surface area (Å²) in [5, 5.41) is 1.14. The van der Waals surface area contributed by atoms with Crippen molar-refractivity contribution in [2.75, 3.05) is 11.4 Å². The van der Waals surface area contributed by atoms with Crippen LogP contribution < -0.4 is 10.6 Å².